The van der Waals surface area contributed by atoms with Crippen molar-refractivity contribution in [3.63, 3.8) is 0 Å². The Morgan fingerprint density at radius 1 is 1.00 bits per heavy atom. The first-order chi connectivity index (χ1) is 13.8. The SMILES string of the molecule is Cc1nc(N2CCN(S(=O)(=O)c3cc(Cl)ccc3C)CC2)cc(-n2cccn2)n1. The number of aromatic nitrogens is 4. The first-order valence-corrected chi connectivity index (χ1v) is 11.0. The van der Waals surface area contributed by atoms with Crippen molar-refractivity contribution in [1.29, 1.82) is 0 Å². The summed E-state index contributed by atoms with van der Waals surface area (Å²) in [6.07, 6.45) is 3.52. The molecule has 3 heterocycles. The van der Waals surface area contributed by atoms with Gasteiger partial charge in [0.1, 0.15) is 11.6 Å². The quantitative estimate of drug-likeness (QED) is 0.629. The lowest BCUT2D eigenvalue weighted by atomic mass is 10.2. The Kier molecular flexibility index (Phi) is 5.28. The number of sulfonamides is 1. The van der Waals surface area contributed by atoms with E-state index in [0.717, 1.165) is 5.82 Å². The fraction of sp³-hybridized carbons (Fsp3) is 0.316. The number of piperazine rings is 1. The Morgan fingerprint density at radius 2 is 1.72 bits per heavy atom. The molecule has 0 atom stereocenters. The molecule has 0 amide bonds. The highest BCUT2D eigenvalue weighted by Crippen LogP contribution is 2.25. The van der Waals surface area contributed by atoms with Gasteiger partial charge >= 0.3 is 0 Å². The van der Waals surface area contributed by atoms with Crippen molar-refractivity contribution >= 4 is 27.4 Å². The van der Waals surface area contributed by atoms with Crippen molar-refractivity contribution in [1.82, 2.24) is 24.1 Å². The molecule has 1 fully saturated rings. The summed E-state index contributed by atoms with van der Waals surface area (Å²) < 4.78 is 29.3. The lowest BCUT2D eigenvalue weighted by molar-refractivity contribution is 0.383. The lowest BCUT2D eigenvalue weighted by Gasteiger charge is -2.35. The normalized spacial score (nSPS) is 15.6. The fourth-order valence-electron chi connectivity index (χ4n) is 3.37. The molecular formula is C19H21ClN6O2S. The van der Waals surface area contributed by atoms with E-state index in [0.29, 0.717) is 48.4 Å². The first kappa shape index (κ1) is 19.8. The molecule has 8 nitrogen and oxygen atoms in total. The second kappa shape index (κ2) is 7.74. The number of benzene rings is 1. The molecule has 152 valence electrons. The van der Waals surface area contributed by atoms with Crippen LogP contribution >= 0.6 is 11.6 Å². The Morgan fingerprint density at radius 3 is 2.41 bits per heavy atom. The van der Waals surface area contributed by atoms with E-state index in [1.165, 1.54) is 10.4 Å². The molecule has 0 unspecified atom stereocenters. The van der Waals surface area contributed by atoms with E-state index < -0.39 is 10.0 Å². The van der Waals surface area contributed by atoms with Gasteiger partial charge in [-0.1, -0.05) is 17.7 Å². The number of nitrogens with zero attached hydrogens (tertiary/aromatic N) is 6. The predicted octanol–water partition coefficient (Wildman–Crippen LogP) is 2.44. The Balaban J connectivity index is 1.53. The van der Waals surface area contributed by atoms with Crippen LogP contribution in [0.5, 0.6) is 0 Å². The summed E-state index contributed by atoms with van der Waals surface area (Å²) in [6.45, 7) is 5.42. The van der Waals surface area contributed by atoms with Gasteiger partial charge in [0.2, 0.25) is 10.0 Å². The molecule has 1 saturated heterocycles. The minimum atomic E-state index is -3.60. The van der Waals surface area contributed by atoms with Crippen LogP contribution in [0.4, 0.5) is 5.82 Å². The summed E-state index contributed by atoms with van der Waals surface area (Å²) in [5.41, 5.74) is 0.687. The Labute approximate surface area is 174 Å². The molecule has 0 aliphatic carbocycles. The second-order valence-corrected chi connectivity index (χ2v) is 9.23. The van der Waals surface area contributed by atoms with Crippen molar-refractivity contribution in [3.8, 4) is 5.82 Å². The summed E-state index contributed by atoms with van der Waals surface area (Å²) >= 11 is 6.02. The number of anilines is 1. The second-order valence-electron chi connectivity index (χ2n) is 6.88. The minimum Gasteiger partial charge on any atom is -0.354 e. The van der Waals surface area contributed by atoms with Gasteiger partial charge in [-0.3, -0.25) is 0 Å². The van der Waals surface area contributed by atoms with Crippen LogP contribution in [-0.4, -0.2) is 58.7 Å². The highest BCUT2D eigenvalue weighted by Gasteiger charge is 2.30. The molecule has 2 aromatic heterocycles. The van der Waals surface area contributed by atoms with Crippen molar-refractivity contribution < 1.29 is 8.42 Å². The van der Waals surface area contributed by atoms with Gasteiger partial charge in [0.05, 0.1) is 4.90 Å². The van der Waals surface area contributed by atoms with Gasteiger partial charge in [-0.05, 0) is 37.6 Å². The molecule has 0 spiro atoms. The molecule has 4 rings (SSSR count). The molecule has 29 heavy (non-hydrogen) atoms. The monoisotopic (exact) mass is 432 g/mol. The summed E-state index contributed by atoms with van der Waals surface area (Å²) in [5.74, 6) is 2.08. The maximum Gasteiger partial charge on any atom is 0.243 e. The summed E-state index contributed by atoms with van der Waals surface area (Å²) in [6, 6.07) is 8.64. The van der Waals surface area contributed by atoms with Gasteiger partial charge in [-0.25, -0.2) is 23.1 Å². The Hall–Kier alpha value is -2.49. The lowest BCUT2D eigenvalue weighted by Crippen LogP contribution is -2.49. The maximum atomic E-state index is 13.1. The smallest absolute Gasteiger partial charge is 0.243 e. The van der Waals surface area contributed by atoms with Crippen LogP contribution < -0.4 is 4.90 Å². The van der Waals surface area contributed by atoms with Crippen molar-refractivity contribution in [2.75, 3.05) is 31.1 Å². The molecule has 0 bridgehead atoms. The molecule has 1 aromatic carbocycles. The van der Waals surface area contributed by atoms with E-state index >= 15 is 0 Å². The molecular weight excluding hydrogens is 412 g/mol. The molecule has 0 radical (unpaired) electrons. The van der Waals surface area contributed by atoms with Crippen LogP contribution in [0, 0.1) is 13.8 Å². The molecule has 1 aliphatic heterocycles. The van der Waals surface area contributed by atoms with Gasteiger partial charge in [0.15, 0.2) is 5.82 Å². The van der Waals surface area contributed by atoms with E-state index in [-0.39, 0.29) is 4.90 Å². The van der Waals surface area contributed by atoms with Crippen LogP contribution in [0.3, 0.4) is 0 Å². The third kappa shape index (κ3) is 3.98. The van der Waals surface area contributed by atoms with E-state index in [2.05, 4.69) is 20.0 Å². The number of halogens is 1. The van der Waals surface area contributed by atoms with Gasteiger partial charge in [-0.2, -0.15) is 9.40 Å². The van der Waals surface area contributed by atoms with Crippen molar-refractivity contribution in [2.24, 2.45) is 0 Å². The zero-order chi connectivity index (χ0) is 20.6. The van der Waals surface area contributed by atoms with Crippen molar-refractivity contribution in [3.05, 3.63) is 59.1 Å². The zero-order valence-corrected chi connectivity index (χ0v) is 17.7. The molecule has 10 heteroatoms. The highest BCUT2D eigenvalue weighted by molar-refractivity contribution is 7.89. The molecule has 1 aliphatic rings. The van der Waals surface area contributed by atoms with E-state index in [1.807, 2.05) is 25.3 Å². The fourth-order valence-corrected chi connectivity index (χ4v) is 5.28. The average molecular weight is 433 g/mol. The van der Waals surface area contributed by atoms with Crippen LogP contribution in [0.25, 0.3) is 5.82 Å². The minimum absolute atomic E-state index is 0.261. The topological polar surface area (TPSA) is 84.2 Å². The predicted molar refractivity (Wildman–Crippen MR) is 111 cm³/mol. The zero-order valence-electron chi connectivity index (χ0n) is 16.2. The summed E-state index contributed by atoms with van der Waals surface area (Å²) in [4.78, 5) is 11.3. The number of hydrogen-bond donors (Lipinski definition) is 0. The number of hydrogen-bond acceptors (Lipinski definition) is 6. The van der Waals surface area contributed by atoms with Crippen LogP contribution in [-0.2, 0) is 10.0 Å². The number of rotatable bonds is 4. The molecule has 0 N–H and O–H groups in total. The number of aryl methyl sites for hydroxylation is 2. The van der Waals surface area contributed by atoms with Gasteiger partial charge in [-0.15, -0.1) is 0 Å². The van der Waals surface area contributed by atoms with Crippen molar-refractivity contribution in [2.45, 2.75) is 18.7 Å². The van der Waals surface area contributed by atoms with Crippen LogP contribution in [0.15, 0.2) is 47.6 Å². The molecule has 0 saturated carbocycles. The van der Waals surface area contributed by atoms with Crippen LogP contribution in [0.2, 0.25) is 5.02 Å². The highest BCUT2D eigenvalue weighted by atomic mass is 35.5. The van der Waals surface area contributed by atoms with Gasteiger partial charge < -0.3 is 4.90 Å². The summed E-state index contributed by atoms with van der Waals surface area (Å²) in [5, 5.41) is 4.63. The third-order valence-corrected chi connectivity index (χ3v) is 7.16. The van der Waals surface area contributed by atoms with E-state index in [9.17, 15) is 8.42 Å². The maximum absolute atomic E-state index is 13.1. The molecule has 3 aromatic rings. The third-order valence-electron chi connectivity index (χ3n) is 4.88. The van der Waals surface area contributed by atoms with Gasteiger partial charge in [0.25, 0.3) is 0 Å². The van der Waals surface area contributed by atoms with Gasteiger partial charge in [0, 0.05) is 49.7 Å². The first-order valence-electron chi connectivity index (χ1n) is 9.21. The van der Waals surface area contributed by atoms with E-state index in [4.69, 9.17) is 11.6 Å². The Bertz CT molecular complexity index is 1130. The standard InChI is InChI=1S/C19H21ClN6O2S/c1-14-4-5-16(20)12-17(14)29(27,28)25-10-8-24(9-11-25)18-13-19(23-15(2)22-18)26-7-3-6-21-26/h3-7,12-13H,8-11H2,1-2H3. The summed E-state index contributed by atoms with van der Waals surface area (Å²) in [7, 11) is -3.60. The average Bonchev–Trinajstić information content (AvgIpc) is 3.24. The van der Waals surface area contributed by atoms with E-state index in [1.54, 1.807) is 29.9 Å². The largest absolute Gasteiger partial charge is 0.354 e. The van der Waals surface area contributed by atoms with Crippen LogP contribution in [0.1, 0.15) is 11.4 Å².